The summed E-state index contributed by atoms with van der Waals surface area (Å²) in [5.74, 6) is 1.05. The van der Waals surface area contributed by atoms with Gasteiger partial charge in [-0.1, -0.05) is 18.2 Å². The SMILES string of the molecule is O=C1Nc2ccccc2CCC1N1CCN(c2cncc3ncnn23)CC1. The molecule has 138 valence electrons. The lowest BCUT2D eigenvalue weighted by Gasteiger charge is -2.38. The monoisotopic (exact) mass is 363 g/mol. The summed E-state index contributed by atoms with van der Waals surface area (Å²) >= 11 is 0. The van der Waals surface area contributed by atoms with Crippen LogP contribution in [0.1, 0.15) is 12.0 Å². The average molecular weight is 363 g/mol. The number of anilines is 2. The molecule has 2 aliphatic rings. The summed E-state index contributed by atoms with van der Waals surface area (Å²) in [6.07, 6.45) is 6.85. The fourth-order valence-corrected chi connectivity index (χ4v) is 4.07. The minimum absolute atomic E-state index is 0.0835. The van der Waals surface area contributed by atoms with Crippen molar-refractivity contribution in [2.45, 2.75) is 18.9 Å². The highest BCUT2D eigenvalue weighted by molar-refractivity contribution is 5.96. The van der Waals surface area contributed by atoms with Crippen LogP contribution >= 0.6 is 0 Å². The number of amides is 1. The highest BCUT2D eigenvalue weighted by Gasteiger charge is 2.31. The highest BCUT2D eigenvalue weighted by Crippen LogP contribution is 2.25. The van der Waals surface area contributed by atoms with Crippen LogP contribution in [-0.4, -0.2) is 62.6 Å². The van der Waals surface area contributed by atoms with Crippen LogP contribution in [0.5, 0.6) is 0 Å². The second-order valence-corrected chi connectivity index (χ2v) is 7.02. The maximum absolute atomic E-state index is 12.8. The molecule has 3 aromatic rings. The van der Waals surface area contributed by atoms with E-state index in [0.29, 0.717) is 0 Å². The molecule has 0 saturated carbocycles. The minimum atomic E-state index is -0.0835. The zero-order chi connectivity index (χ0) is 18.2. The molecule has 27 heavy (non-hydrogen) atoms. The molecule has 1 N–H and O–H groups in total. The summed E-state index contributed by atoms with van der Waals surface area (Å²) in [6.45, 7) is 3.33. The third-order valence-corrected chi connectivity index (χ3v) is 5.52. The number of aryl methyl sites for hydroxylation is 1. The Morgan fingerprint density at radius 3 is 2.81 bits per heavy atom. The Balaban J connectivity index is 1.29. The molecule has 1 aromatic carbocycles. The Kier molecular flexibility index (Phi) is 3.97. The quantitative estimate of drug-likeness (QED) is 0.737. The molecule has 2 aliphatic heterocycles. The van der Waals surface area contributed by atoms with Gasteiger partial charge in [0.25, 0.3) is 0 Å². The first-order chi connectivity index (χ1) is 13.3. The number of nitrogens with zero attached hydrogens (tertiary/aromatic N) is 6. The van der Waals surface area contributed by atoms with Gasteiger partial charge in [0.1, 0.15) is 6.33 Å². The lowest BCUT2D eigenvalue weighted by Crippen LogP contribution is -2.54. The van der Waals surface area contributed by atoms with Crippen molar-refractivity contribution in [3.05, 3.63) is 48.5 Å². The van der Waals surface area contributed by atoms with Crippen LogP contribution in [0.3, 0.4) is 0 Å². The Hall–Kier alpha value is -3.00. The van der Waals surface area contributed by atoms with Crippen molar-refractivity contribution in [3.63, 3.8) is 0 Å². The number of hydrogen-bond acceptors (Lipinski definition) is 6. The molecule has 1 saturated heterocycles. The van der Waals surface area contributed by atoms with Crippen molar-refractivity contribution in [1.29, 1.82) is 0 Å². The van der Waals surface area contributed by atoms with E-state index in [-0.39, 0.29) is 11.9 Å². The molecule has 8 heteroatoms. The van der Waals surface area contributed by atoms with Crippen molar-refractivity contribution in [3.8, 4) is 0 Å². The zero-order valence-corrected chi connectivity index (χ0v) is 15.0. The number of benzene rings is 1. The topological polar surface area (TPSA) is 78.7 Å². The lowest BCUT2D eigenvalue weighted by atomic mass is 10.0. The van der Waals surface area contributed by atoms with Crippen LogP contribution in [0.4, 0.5) is 11.5 Å². The van der Waals surface area contributed by atoms with Gasteiger partial charge in [0, 0.05) is 31.9 Å². The average Bonchev–Trinajstić information content (AvgIpc) is 3.12. The van der Waals surface area contributed by atoms with Crippen molar-refractivity contribution < 1.29 is 4.79 Å². The Morgan fingerprint density at radius 2 is 1.93 bits per heavy atom. The first kappa shape index (κ1) is 16.2. The van der Waals surface area contributed by atoms with Crippen LogP contribution in [0.15, 0.2) is 43.0 Å². The van der Waals surface area contributed by atoms with E-state index in [9.17, 15) is 4.79 Å². The van der Waals surface area contributed by atoms with Gasteiger partial charge in [0.2, 0.25) is 5.91 Å². The number of nitrogens with one attached hydrogen (secondary N) is 1. The molecular weight excluding hydrogens is 342 g/mol. The molecule has 0 bridgehead atoms. The van der Waals surface area contributed by atoms with Gasteiger partial charge >= 0.3 is 0 Å². The fourth-order valence-electron chi connectivity index (χ4n) is 4.07. The van der Waals surface area contributed by atoms with Crippen LogP contribution in [0.25, 0.3) is 5.65 Å². The van der Waals surface area contributed by atoms with Crippen molar-refractivity contribution >= 4 is 23.1 Å². The number of fused-ring (bicyclic) bond motifs is 2. The largest absolute Gasteiger partial charge is 0.353 e. The smallest absolute Gasteiger partial charge is 0.241 e. The predicted molar refractivity (Wildman–Crippen MR) is 102 cm³/mol. The summed E-state index contributed by atoms with van der Waals surface area (Å²) in [6, 6.07) is 8.00. The van der Waals surface area contributed by atoms with E-state index in [1.807, 2.05) is 28.9 Å². The summed E-state index contributed by atoms with van der Waals surface area (Å²) in [4.78, 5) is 25.8. The van der Waals surface area contributed by atoms with Gasteiger partial charge in [-0.15, -0.1) is 0 Å². The Bertz CT molecular complexity index is 977. The molecule has 0 aliphatic carbocycles. The maximum Gasteiger partial charge on any atom is 0.241 e. The van der Waals surface area contributed by atoms with E-state index in [4.69, 9.17) is 0 Å². The van der Waals surface area contributed by atoms with Gasteiger partial charge in [-0.2, -0.15) is 9.61 Å². The van der Waals surface area contributed by atoms with Crippen LogP contribution < -0.4 is 10.2 Å². The minimum Gasteiger partial charge on any atom is -0.353 e. The standard InChI is InChI=1S/C19H21N7O/c27-19-16(6-5-14-3-1-2-4-15(14)23-19)24-7-9-25(10-8-24)18-12-20-11-17-21-13-22-26(17)18/h1-4,11-13,16H,5-10H2,(H,23,27). The normalized spacial score (nSPS) is 21.0. The van der Waals surface area contributed by atoms with Gasteiger partial charge in [-0.25, -0.2) is 4.98 Å². The van der Waals surface area contributed by atoms with E-state index >= 15 is 0 Å². The second kappa shape index (κ2) is 6.62. The molecular formula is C19H21N7O. The first-order valence-electron chi connectivity index (χ1n) is 9.31. The highest BCUT2D eigenvalue weighted by atomic mass is 16.2. The van der Waals surface area contributed by atoms with Gasteiger partial charge in [0.05, 0.1) is 18.4 Å². The molecule has 0 radical (unpaired) electrons. The molecule has 8 nitrogen and oxygen atoms in total. The third-order valence-electron chi connectivity index (χ3n) is 5.52. The Morgan fingerprint density at radius 1 is 1.07 bits per heavy atom. The van der Waals surface area contributed by atoms with Gasteiger partial charge in [0.15, 0.2) is 11.5 Å². The van der Waals surface area contributed by atoms with E-state index < -0.39 is 0 Å². The van der Waals surface area contributed by atoms with Gasteiger partial charge in [-0.05, 0) is 24.5 Å². The molecule has 1 atom stereocenters. The van der Waals surface area contributed by atoms with Gasteiger partial charge in [-0.3, -0.25) is 14.7 Å². The Labute approximate surface area is 156 Å². The van der Waals surface area contributed by atoms with Crippen molar-refractivity contribution in [2.75, 3.05) is 36.4 Å². The molecule has 4 heterocycles. The fraction of sp³-hybridized carbons (Fsp3) is 0.368. The number of piperazine rings is 1. The summed E-state index contributed by atoms with van der Waals surface area (Å²) in [5.41, 5.74) is 2.92. The number of carbonyl (C=O) groups is 1. The van der Waals surface area contributed by atoms with E-state index in [1.54, 1.807) is 12.5 Å². The number of hydrogen-bond donors (Lipinski definition) is 1. The summed E-state index contributed by atoms with van der Waals surface area (Å²) < 4.78 is 1.82. The first-order valence-corrected chi connectivity index (χ1v) is 9.31. The number of aromatic nitrogens is 4. The van der Waals surface area contributed by atoms with E-state index in [2.05, 4.69) is 36.2 Å². The zero-order valence-electron chi connectivity index (χ0n) is 15.0. The molecule has 1 fully saturated rings. The third kappa shape index (κ3) is 2.91. The van der Waals surface area contributed by atoms with Crippen LogP contribution in [-0.2, 0) is 11.2 Å². The molecule has 2 aromatic heterocycles. The summed E-state index contributed by atoms with van der Waals surface area (Å²) in [7, 11) is 0. The predicted octanol–water partition coefficient (Wildman–Crippen LogP) is 1.20. The van der Waals surface area contributed by atoms with E-state index in [1.165, 1.54) is 5.56 Å². The van der Waals surface area contributed by atoms with Crippen molar-refractivity contribution in [2.24, 2.45) is 0 Å². The maximum atomic E-state index is 12.8. The van der Waals surface area contributed by atoms with E-state index in [0.717, 1.165) is 56.2 Å². The number of carbonyl (C=O) groups excluding carboxylic acids is 1. The molecule has 1 unspecified atom stereocenters. The number of rotatable bonds is 2. The van der Waals surface area contributed by atoms with Crippen LogP contribution in [0, 0.1) is 0 Å². The van der Waals surface area contributed by atoms with Gasteiger partial charge < -0.3 is 10.2 Å². The molecule has 5 rings (SSSR count). The number of para-hydroxylation sites is 1. The molecule has 1 amide bonds. The van der Waals surface area contributed by atoms with Crippen LogP contribution in [0.2, 0.25) is 0 Å². The second-order valence-electron chi connectivity index (χ2n) is 7.02. The lowest BCUT2D eigenvalue weighted by molar-refractivity contribution is -0.121. The van der Waals surface area contributed by atoms with Crippen molar-refractivity contribution in [1.82, 2.24) is 24.5 Å². The molecule has 0 spiro atoms. The summed E-state index contributed by atoms with van der Waals surface area (Å²) in [5, 5.41) is 7.40.